The molecule has 4 amide bonds. The number of amides is 4. The number of nitrogens with zero attached hydrogens (tertiary/aromatic N) is 3. The number of aliphatic hydroxyl groups excluding tert-OH is 1. The van der Waals surface area contributed by atoms with Crippen molar-refractivity contribution in [2.24, 2.45) is 23.7 Å². The highest BCUT2D eigenvalue weighted by atomic mass is 35.5. The molecule has 6 atom stereocenters. The van der Waals surface area contributed by atoms with Crippen LogP contribution in [0.5, 0.6) is 5.75 Å². The predicted molar refractivity (Wildman–Crippen MR) is 212 cm³/mol. The second-order valence-electron chi connectivity index (χ2n) is 15.8. The minimum atomic E-state index is -1.35. The number of halogens is 1. The van der Waals surface area contributed by atoms with Gasteiger partial charge in [-0.2, -0.15) is 0 Å². The van der Waals surface area contributed by atoms with Crippen molar-refractivity contribution in [3.05, 3.63) is 143 Å². The molecule has 286 valence electrons. The summed E-state index contributed by atoms with van der Waals surface area (Å²) in [6.45, 7) is 2.41. The van der Waals surface area contributed by atoms with Crippen LogP contribution in [-0.4, -0.2) is 70.9 Å². The van der Waals surface area contributed by atoms with Crippen molar-refractivity contribution in [3.63, 3.8) is 0 Å². The molecule has 4 fully saturated rings. The zero-order chi connectivity index (χ0) is 38.6. The Hall–Kier alpha value is -5.09. The highest BCUT2D eigenvalue weighted by Crippen LogP contribution is 2.64. The van der Waals surface area contributed by atoms with Crippen LogP contribution in [0.4, 0.5) is 5.69 Å². The quantitative estimate of drug-likeness (QED) is 0.152. The van der Waals surface area contributed by atoms with E-state index in [0.717, 1.165) is 36.3 Å². The lowest BCUT2D eigenvalue weighted by atomic mass is 9.49. The van der Waals surface area contributed by atoms with Crippen LogP contribution in [0.25, 0.3) is 0 Å². The van der Waals surface area contributed by atoms with Crippen LogP contribution in [0, 0.1) is 23.7 Å². The minimum Gasteiger partial charge on any atom is -0.491 e. The van der Waals surface area contributed by atoms with Crippen molar-refractivity contribution < 1.29 is 29.0 Å². The number of hydrogen-bond donors (Lipinski definition) is 1. The van der Waals surface area contributed by atoms with Gasteiger partial charge in [-0.15, -0.1) is 0 Å². The molecule has 9 rings (SSSR count). The monoisotopic (exact) mass is 769 g/mol. The van der Waals surface area contributed by atoms with E-state index in [1.807, 2.05) is 72.8 Å². The summed E-state index contributed by atoms with van der Waals surface area (Å²) in [5.41, 5.74) is 2.74. The topological polar surface area (TPSA) is 107 Å². The van der Waals surface area contributed by atoms with Crippen LogP contribution >= 0.6 is 11.6 Å². The molecule has 5 aliphatic rings. The lowest BCUT2D eigenvalue weighted by Crippen LogP contribution is -2.53. The summed E-state index contributed by atoms with van der Waals surface area (Å²) in [7, 11) is 0. The fraction of sp³-hybridized carbons (Fsp3) is 0.348. The number of hydrogen-bond acceptors (Lipinski definition) is 7. The lowest BCUT2D eigenvalue weighted by molar-refractivity contribution is -0.144. The number of benzene rings is 4. The molecule has 0 bridgehead atoms. The third-order valence-corrected chi connectivity index (χ3v) is 13.2. The van der Waals surface area contributed by atoms with Crippen molar-refractivity contribution in [2.75, 3.05) is 31.2 Å². The second-order valence-corrected chi connectivity index (χ2v) is 16.2. The Labute approximate surface area is 331 Å². The number of likely N-dealkylation sites (tertiary alicyclic amines) is 2. The smallest absolute Gasteiger partial charge is 0.246 e. The predicted octanol–water partition coefficient (Wildman–Crippen LogP) is 6.54. The number of piperidine rings is 1. The maximum atomic E-state index is 15.4. The summed E-state index contributed by atoms with van der Waals surface area (Å²) in [4.78, 5) is 64.9. The van der Waals surface area contributed by atoms with Gasteiger partial charge in [-0.05, 0) is 78.6 Å². The van der Waals surface area contributed by atoms with Crippen molar-refractivity contribution >= 4 is 40.9 Å². The van der Waals surface area contributed by atoms with Crippen LogP contribution in [-0.2, 0) is 31.1 Å². The van der Waals surface area contributed by atoms with Crippen LogP contribution in [0.2, 0.25) is 5.02 Å². The number of rotatable bonds is 9. The summed E-state index contributed by atoms with van der Waals surface area (Å²) < 4.78 is 5.72. The zero-order valence-electron chi connectivity index (χ0n) is 31.0. The summed E-state index contributed by atoms with van der Waals surface area (Å²) in [6, 6.07) is 34.0. The molecule has 4 aromatic rings. The van der Waals surface area contributed by atoms with E-state index in [0.29, 0.717) is 35.7 Å². The number of fused-ring (bicyclic) bond motifs is 4. The first-order valence-corrected chi connectivity index (χ1v) is 20.0. The maximum absolute atomic E-state index is 15.4. The Bertz CT molecular complexity index is 2190. The van der Waals surface area contributed by atoms with Gasteiger partial charge >= 0.3 is 0 Å². The molecule has 3 aliphatic heterocycles. The molecule has 0 radical (unpaired) electrons. The minimum absolute atomic E-state index is 0.118. The highest BCUT2D eigenvalue weighted by molar-refractivity contribution is 6.32. The number of anilines is 1. The van der Waals surface area contributed by atoms with Gasteiger partial charge in [0.25, 0.3) is 0 Å². The molecule has 1 N–H and O–H groups in total. The largest absolute Gasteiger partial charge is 0.491 e. The SMILES string of the molecule is O=C1[C@@H]2C[C@@H]3C(=CC[C@@H]4C(=O)N(C5CCN(Cc6ccccc6)CC5)C(=O)[C@@H]43)[C@H](c3ccc(OCCO)cc3)[C@]2(c2ccccc2)C(=O)N1c1cccc(Cl)c1. The van der Waals surface area contributed by atoms with Crippen LogP contribution in [0.15, 0.2) is 121 Å². The molecule has 9 nitrogen and oxygen atoms in total. The summed E-state index contributed by atoms with van der Waals surface area (Å²) >= 11 is 6.45. The van der Waals surface area contributed by atoms with Gasteiger partial charge in [0.15, 0.2) is 0 Å². The molecule has 3 heterocycles. The standard InChI is InChI=1S/C46H44ClN3O6/c47-32-12-7-13-34(26-32)50-43(53)39-27-38-36(41(30-14-16-35(17-15-30)56-25-24-51)46(39,45(50)55)31-10-5-2-6-11-31)18-19-37-40(38)44(54)49(42(37)52)33-20-22-48(23-21-33)28-29-8-3-1-4-9-29/h1-18,26,33,37-41,51H,19-25,27-28H2/t37-,38+,39-,40-,41-,46+/m0/s1. The Morgan fingerprint density at radius 3 is 2.20 bits per heavy atom. The molecule has 1 saturated carbocycles. The zero-order valence-corrected chi connectivity index (χ0v) is 31.8. The van der Waals surface area contributed by atoms with E-state index in [9.17, 15) is 14.7 Å². The number of carbonyl (C=O) groups excluding carboxylic acids is 4. The van der Waals surface area contributed by atoms with Crippen molar-refractivity contribution in [3.8, 4) is 5.75 Å². The Balaban J connectivity index is 1.11. The second kappa shape index (κ2) is 14.8. The molecule has 56 heavy (non-hydrogen) atoms. The van der Waals surface area contributed by atoms with Gasteiger partial charge < -0.3 is 9.84 Å². The number of aliphatic hydroxyl groups is 1. The van der Waals surface area contributed by atoms with Gasteiger partial charge in [0.2, 0.25) is 23.6 Å². The first-order chi connectivity index (χ1) is 27.3. The molecule has 2 aliphatic carbocycles. The number of ether oxygens (including phenoxy) is 1. The van der Waals surface area contributed by atoms with Gasteiger partial charge in [0.05, 0.1) is 35.5 Å². The van der Waals surface area contributed by atoms with Gasteiger partial charge in [-0.3, -0.25) is 29.0 Å². The van der Waals surface area contributed by atoms with E-state index in [4.69, 9.17) is 16.3 Å². The molecule has 3 saturated heterocycles. The fourth-order valence-corrected chi connectivity index (χ4v) is 10.8. The van der Waals surface area contributed by atoms with E-state index in [-0.39, 0.29) is 49.3 Å². The summed E-state index contributed by atoms with van der Waals surface area (Å²) in [5.74, 6) is -3.42. The van der Waals surface area contributed by atoms with Crippen molar-refractivity contribution in [1.29, 1.82) is 0 Å². The normalized spacial score (nSPS) is 27.9. The lowest BCUT2D eigenvalue weighted by Gasteiger charge is -2.50. The van der Waals surface area contributed by atoms with Gasteiger partial charge in [-0.25, -0.2) is 4.90 Å². The molecular weight excluding hydrogens is 726 g/mol. The molecule has 0 aromatic heterocycles. The number of imide groups is 2. The third kappa shape index (κ3) is 5.90. The first kappa shape index (κ1) is 36.5. The summed E-state index contributed by atoms with van der Waals surface area (Å²) in [5, 5.41) is 9.78. The fourth-order valence-electron chi connectivity index (χ4n) is 10.6. The Morgan fingerprint density at radius 1 is 0.786 bits per heavy atom. The highest BCUT2D eigenvalue weighted by Gasteiger charge is 2.70. The molecule has 0 spiro atoms. The van der Waals surface area contributed by atoms with Crippen LogP contribution < -0.4 is 9.64 Å². The van der Waals surface area contributed by atoms with Gasteiger partial charge in [0, 0.05) is 36.6 Å². The van der Waals surface area contributed by atoms with E-state index in [2.05, 4.69) is 23.1 Å². The maximum Gasteiger partial charge on any atom is 0.246 e. The number of allylic oxidation sites excluding steroid dienone is 2. The first-order valence-electron chi connectivity index (χ1n) is 19.7. The average molecular weight is 770 g/mol. The average Bonchev–Trinajstić information content (AvgIpc) is 3.62. The molecule has 4 aromatic carbocycles. The third-order valence-electron chi connectivity index (χ3n) is 12.9. The molecular formula is C46H44ClN3O6. The van der Waals surface area contributed by atoms with Crippen LogP contribution in [0.3, 0.4) is 0 Å². The Morgan fingerprint density at radius 2 is 1.50 bits per heavy atom. The van der Waals surface area contributed by atoms with E-state index < -0.39 is 35.0 Å². The molecule has 0 unspecified atom stereocenters. The van der Waals surface area contributed by atoms with Gasteiger partial charge in [-0.1, -0.05) is 102 Å². The van der Waals surface area contributed by atoms with Crippen LogP contribution in [0.1, 0.15) is 48.3 Å². The summed E-state index contributed by atoms with van der Waals surface area (Å²) in [6.07, 6.45) is 4.16. The van der Waals surface area contributed by atoms with E-state index in [1.165, 1.54) is 10.5 Å². The van der Waals surface area contributed by atoms with Crippen molar-refractivity contribution in [1.82, 2.24) is 9.80 Å². The Kier molecular flexibility index (Phi) is 9.64. The number of carbonyl (C=O) groups is 4. The van der Waals surface area contributed by atoms with Crippen molar-refractivity contribution in [2.45, 2.75) is 49.6 Å². The molecule has 10 heteroatoms. The van der Waals surface area contributed by atoms with E-state index in [1.54, 1.807) is 29.2 Å². The van der Waals surface area contributed by atoms with E-state index >= 15 is 9.59 Å². The van der Waals surface area contributed by atoms with Gasteiger partial charge in [0.1, 0.15) is 12.4 Å².